The second-order valence-electron chi connectivity index (χ2n) is 9.77. The number of likely N-dealkylation sites (tertiary alicyclic amines) is 1. The zero-order valence-electron chi connectivity index (χ0n) is 20.8. The molecule has 3 heterocycles. The lowest BCUT2D eigenvalue weighted by molar-refractivity contribution is -0.130. The molecule has 5 rings (SSSR count). The van der Waals surface area contributed by atoms with Crippen LogP contribution in [0.2, 0.25) is 0 Å². The summed E-state index contributed by atoms with van der Waals surface area (Å²) in [6.07, 6.45) is 6.09. The Morgan fingerprint density at radius 3 is 2.08 bits per heavy atom. The van der Waals surface area contributed by atoms with Gasteiger partial charge in [0.1, 0.15) is 17.5 Å². The van der Waals surface area contributed by atoms with Gasteiger partial charge in [-0.05, 0) is 87.1 Å². The molecule has 0 radical (unpaired) electrons. The maximum atomic E-state index is 13.9. The van der Waals surface area contributed by atoms with Gasteiger partial charge in [-0.15, -0.1) is 0 Å². The number of nitrogens with zero attached hydrogens (tertiary/aromatic N) is 3. The number of carbonyl (C=O) groups is 1. The van der Waals surface area contributed by atoms with Crippen molar-refractivity contribution >= 4 is 11.7 Å². The lowest BCUT2D eigenvalue weighted by atomic mass is 9.82. The number of halogens is 2. The Morgan fingerprint density at radius 1 is 0.919 bits per heavy atom. The van der Waals surface area contributed by atoms with Gasteiger partial charge in [0.2, 0.25) is 0 Å². The highest BCUT2D eigenvalue weighted by Crippen LogP contribution is 2.40. The number of piperidine rings is 1. The summed E-state index contributed by atoms with van der Waals surface area (Å²) in [5.74, 6) is -0.169. The van der Waals surface area contributed by atoms with E-state index in [1.807, 2.05) is 6.20 Å². The Hall–Kier alpha value is -3.65. The van der Waals surface area contributed by atoms with E-state index in [-0.39, 0.29) is 17.3 Å². The molecular formula is C29H30F2N4O2. The number of H-pyrrole nitrogens is 1. The van der Waals surface area contributed by atoms with Crippen LogP contribution >= 0.6 is 0 Å². The van der Waals surface area contributed by atoms with Gasteiger partial charge in [-0.25, -0.2) is 13.8 Å². The molecule has 8 heteroatoms. The second kappa shape index (κ2) is 10.4. The van der Waals surface area contributed by atoms with E-state index in [0.29, 0.717) is 23.5 Å². The molecule has 1 amide bonds. The minimum atomic E-state index is -1.37. The Labute approximate surface area is 214 Å². The monoisotopic (exact) mass is 504 g/mol. The van der Waals surface area contributed by atoms with Crippen molar-refractivity contribution in [3.8, 4) is 0 Å². The minimum Gasteiger partial charge on any atom is -0.367 e. The predicted octanol–water partition coefficient (Wildman–Crippen LogP) is 4.43. The van der Waals surface area contributed by atoms with Crippen molar-refractivity contribution in [3.05, 3.63) is 106 Å². The topological polar surface area (TPSA) is 68.8 Å². The van der Waals surface area contributed by atoms with Gasteiger partial charge in [0, 0.05) is 30.6 Å². The molecule has 192 valence electrons. The Kier molecular flexibility index (Phi) is 7.02. The van der Waals surface area contributed by atoms with Crippen molar-refractivity contribution in [2.24, 2.45) is 4.99 Å². The molecule has 37 heavy (non-hydrogen) atoms. The van der Waals surface area contributed by atoms with Crippen LogP contribution in [0.4, 0.5) is 8.78 Å². The quantitative estimate of drug-likeness (QED) is 0.518. The van der Waals surface area contributed by atoms with Crippen molar-refractivity contribution in [2.75, 3.05) is 26.2 Å². The van der Waals surface area contributed by atoms with Gasteiger partial charge in [0.25, 0.3) is 5.91 Å². The zero-order valence-corrected chi connectivity index (χ0v) is 20.8. The standard InChI is InChI=1S/C29H30F2N4O2/c1-20-33-29(22-3-7-24(30)8-4-22,23-5-9-25(31)10-6-23)28(37)35(20)16-2-15-34-17-12-21(13-18-34)26-19-32-14-11-27(26)36/h3-11,14,19,21H,2,12-13,15-18H2,1H3,(H,32,36). The number of amides is 1. The summed E-state index contributed by atoms with van der Waals surface area (Å²) in [5.41, 5.74) is 0.669. The minimum absolute atomic E-state index is 0.0882. The molecule has 0 atom stereocenters. The number of pyridine rings is 1. The summed E-state index contributed by atoms with van der Waals surface area (Å²) >= 11 is 0. The summed E-state index contributed by atoms with van der Waals surface area (Å²) in [4.78, 5) is 37.9. The van der Waals surface area contributed by atoms with E-state index in [1.165, 1.54) is 24.3 Å². The van der Waals surface area contributed by atoms with Crippen LogP contribution in [-0.4, -0.2) is 52.7 Å². The highest BCUT2D eigenvalue weighted by atomic mass is 19.1. The van der Waals surface area contributed by atoms with E-state index in [4.69, 9.17) is 4.99 Å². The van der Waals surface area contributed by atoms with E-state index < -0.39 is 17.2 Å². The molecule has 1 saturated heterocycles. The third-order valence-electron chi connectivity index (χ3n) is 7.54. The van der Waals surface area contributed by atoms with Crippen molar-refractivity contribution in [2.45, 2.75) is 37.6 Å². The summed E-state index contributed by atoms with van der Waals surface area (Å²) in [5, 5.41) is 0. The SMILES string of the molecule is CC1=NC(c2ccc(F)cc2)(c2ccc(F)cc2)C(=O)N1CCCN1CCC(c2c[nH]ccc2=O)CC1. The Balaban J connectivity index is 1.26. The number of hydrogen-bond donors (Lipinski definition) is 1. The molecule has 0 spiro atoms. The van der Waals surface area contributed by atoms with Gasteiger partial charge in [-0.2, -0.15) is 0 Å². The molecule has 2 aromatic carbocycles. The van der Waals surface area contributed by atoms with Crippen molar-refractivity contribution < 1.29 is 13.6 Å². The summed E-state index contributed by atoms with van der Waals surface area (Å²) in [6.45, 7) is 4.92. The number of benzene rings is 2. The van der Waals surface area contributed by atoms with Crippen LogP contribution in [0.1, 0.15) is 48.8 Å². The molecule has 1 N–H and O–H groups in total. The molecule has 3 aromatic rings. The van der Waals surface area contributed by atoms with E-state index >= 15 is 0 Å². The Morgan fingerprint density at radius 2 is 1.51 bits per heavy atom. The number of carbonyl (C=O) groups excluding carboxylic acids is 1. The van der Waals surface area contributed by atoms with Crippen LogP contribution < -0.4 is 5.43 Å². The lowest BCUT2D eigenvalue weighted by Crippen LogP contribution is -2.43. The van der Waals surface area contributed by atoms with Crippen LogP contribution in [0.25, 0.3) is 0 Å². The normalized spacial score (nSPS) is 18.3. The molecular weight excluding hydrogens is 474 g/mol. The predicted molar refractivity (Wildman–Crippen MR) is 138 cm³/mol. The third-order valence-corrected chi connectivity index (χ3v) is 7.54. The number of nitrogens with one attached hydrogen (secondary N) is 1. The molecule has 0 unspecified atom stereocenters. The van der Waals surface area contributed by atoms with E-state index in [2.05, 4.69) is 9.88 Å². The smallest absolute Gasteiger partial charge is 0.265 e. The maximum absolute atomic E-state index is 13.9. The zero-order chi connectivity index (χ0) is 26.0. The van der Waals surface area contributed by atoms with Crippen LogP contribution in [-0.2, 0) is 10.3 Å². The van der Waals surface area contributed by atoms with Gasteiger partial charge >= 0.3 is 0 Å². The first kappa shape index (κ1) is 25.0. The van der Waals surface area contributed by atoms with Gasteiger partial charge in [0.05, 0.1) is 0 Å². The average Bonchev–Trinajstić information content (AvgIpc) is 3.16. The third kappa shape index (κ3) is 4.85. The summed E-state index contributed by atoms with van der Waals surface area (Å²) in [7, 11) is 0. The Bertz CT molecular complexity index is 1300. The van der Waals surface area contributed by atoms with Crippen LogP contribution in [0.3, 0.4) is 0 Å². The molecule has 0 aliphatic carbocycles. The first-order chi connectivity index (χ1) is 17.9. The lowest BCUT2D eigenvalue weighted by Gasteiger charge is -2.32. The summed E-state index contributed by atoms with van der Waals surface area (Å²) in [6, 6.07) is 13.1. The van der Waals surface area contributed by atoms with Crippen LogP contribution in [0, 0.1) is 11.6 Å². The number of aromatic nitrogens is 1. The van der Waals surface area contributed by atoms with Gasteiger partial charge in [-0.3, -0.25) is 14.5 Å². The van der Waals surface area contributed by atoms with Crippen LogP contribution in [0.15, 0.2) is 76.8 Å². The maximum Gasteiger partial charge on any atom is 0.265 e. The molecule has 2 aliphatic rings. The average molecular weight is 505 g/mol. The molecule has 1 aromatic heterocycles. The second-order valence-corrected chi connectivity index (χ2v) is 9.77. The van der Waals surface area contributed by atoms with Crippen molar-refractivity contribution in [1.82, 2.24) is 14.8 Å². The fourth-order valence-corrected chi connectivity index (χ4v) is 5.55. The van der Waals surface area contributed by atoms with Gasteiger partial charge in [-0.1, -0.05) is 24.3 Å². The first-order valence-corrected chi connectivity index (χ1v) is 12.7. The molecule has 2 aliphatic heterocycles. The fraction of sp³-hybridized carbons (Fsp3) is 0.345. The number of amidine groups is 1. The van der Waals surface area contributed by atoms with Crippen LogP contribution in [0.5, 0.6) is 0 Å². The number of rotatable bonds is 7. The first-order valence-electron chi connectivity index (χ1n) is 12.7. The van der Waals surface area contributed by atoms with Crippen molar-refractivity contribution in [3.63, 3.8) is 0 Å². The highest BCUT2D eigenvalue weighted by Gasteiger charge is 2.49. The van der Waals surface area contributed by atoms with E-state index in [9.17, 15) is 18.4 Å². The number of hydrogen-bond acceptors (Lipinski definition) is 4. The van der Waals surface area contributed by atoms with Gasteiger partial charge < -0.3 is 9.88 Å². The largest absolute Gasteiger partial charge is 0.367 e. The molecule has 6 nitrogen and oxygen atoms in total. The molecule has 0 bridgehead atoms. The highest BCUT2D eigenvalue weighted by molar-refractivity contribution is 6.09. The van der Waals surface area contributed by atoms with E-state index in [1.54, 1.807) is 48.4 Å². The van der Waals surface area contributed by atoms with E-state index in [0.717, 1.165) is 44.5 Å². The number of aromatic amines is 1. The molecule has 0 saturated carbocycles. The summed E-state index contributed by atoms with van der Waals surface area (Å²) < 4.78 is 27.4. The van der Waals surface area contributed by atoms with Gasteiger partial charge in [0.15, 0.2) is 11.0 Å². The van der Waals surface area contributed by atoms with Crippen molar-refractivity contribution in [1.29, 1.82) is 0 Å². The fourth-order valence-electron chi connectivity index (χ4n) is 5.55. The number of aliphatic imine (C=N–C) groups is 1. The molecule has 1 fully saturated rings.